The highest BCUT2D eigenvalue weighted by atomic mass is 16.3. The zero-order valence-electron chi connectivity index (χ0n) is 11.0. The Hall–Kier alpha value is -1.36. The summed E-state index contributed by atoms with van der Waals surface area (Å²) in [5.74, 6) is 2.75. The molecule has 1 aliphatic heterocycles. The molecule has 2 heterocycles. The number of aliphatic hydroxyl groups excluding tert-OH is 1. The molecular formula is C13H22N4O. The van der Waals surface area contributed by atoms with Crippen LogP contribution in [-0.2, 0) is 6.42 Å². The number of aryl methyl sites for hydroxylation is 1. The van der Waals surface area contributed by atoms with Gasteiger partial charge in [-0.2, -0.15) is 0 Å². The summed E-state index contributed by atoms with van der Waals surface area (Å²) in [6, 6.07) is 1.85. The molecule has 0 aliphatic carbocycles. The van der Waals surface area contributed by atoms with E-state index in [2.05, 4.69) is 21.8 Å². The van der Waals surface area contributed by atoms with E-state index in [4.69, 9.17) is 10.8 Å². The standard InChI is InChI=1S/C13H22N4O/c1-2-3-12-15-11(14)8-13(16-12)17-6-4-10(9-18)5-7-17/h8,10,18H,2-7,9H2,1H3,(H2,14,15,16). The number of piperidine rings is 1. The van der Waals surface area contributed by atoms with Gasteiger partial charge in [-0.1, -0.05) is 6.92 Å². The third-order valence-corrected chi connectivity index (χ3v) is 3.45. The second kappa shape index (κ2) is 6.00. The smallest absolute Gasteiger partial charge is 0.134 e. The van der Waals surface area contributed by atoms with Crippen LogP contribution in [0.1, 0.15) is 32.0 Å². The molecule has 5 nitrogen and oxygen atoms in total. The van der Waals surface area contributed by atoms with Gasteiger partial charge in [-0.25, -0.2) is 9.97 Å². The highest BCUT2D eigenvalue weighted by molar-refractivity contribution is 5.47. The Bertz CT molecular complexity index is 389. The molecule has 0 atom stereocenters. The largest absolute Gasteiger partial charge is 0.396 e. The molecule has 1 aliphatic rings. The van der Waals surface area contributed by atoms with Crippen molar-refractivity contribution in [2.75, 3.05) is 30.3 Å². The van der Waals surface area contributed by atoms with Crippen molar-refractivity contribution in [3.63, 3.8) is 0 Å². The Morgan fingerprint density at radius 3 is 2.72 bits per heavy atom. The van der Waals surface area contributed by atoms with Crippen LogP contribution in [0.2, 0.25) is 0 Å². The fraction of sp³-hybridized carbons (Fsp3) is 0.692. The molecule has 0 radical (unpaired) electrons. The van der Waals surface area contributed by atoms with Gasteiger partial charge in [-0.15, -0.1) is 0 Å². The van der Waals surface area contributed by atoms with Gasteiger partial charge >= 0.3 is 0 Å². The molecule has 0 amide bonds. The molecule has 1 saturated heterocycles. The van der Waals surface area contributed by atoms with Crippen LogP contribution in [0.3, 0.4) is 0 Å². The van der Waals surface area contributed by atoms with Gasteiger partial charge in [0.25, 0.3) is 0 Å². The zero-order chi connectivity index (χ0) is 13.0. The van der Waals surface area contributed by atoms with Crippen molar-refractivity contribution in [1.29, 1.82) is 0 Å². The molecule has 18 heavy (non-hydrogen) atoms. The highest BCUT2D eigenvalue weighted by Crippen LogP contribution is 2.22. The van der Waals surface area contributed by atoms with E-state index >= 15 is 0 Å². The normalized spacial score (nSPS) is 17.1. The maximum Gasteiger partial charge on any atom is 0.134 e. The minimum atomic E-state index is 0.292. The Morgan fingerprint density at radius 1 is 1.39 bits per heavy atom. The number of hydrogen-bond acceptors (Lipinski definition) is 5. The Labute approximate surface area is 108 Å². The molecule has 1 aromatic heterocycles. The minimum Gasteiger partial charge on any atom is -0.396 e. The summed E-state index contributed by atoms with van der Waals surface area (Å²) in [6.07, 6.45) is 3.92. The lowest BCUT2D eigenvalue weighted by Crippen LogP contribution is -2.35. The SMILES string of the molecule is CCCc1nc(N)cc(N2CCC(CO)CC2)n1. The van der Waals surface area contributed by atoms with E-state index in [9.17, 15) is 0 Å². The van der Waals surface area contributed by atoms with E-state index in [0.717, 1.165) is 50.4 Å². The maximum atomic E-state index is 9.14. The maximum absolute atomic E-state index is 9.14. The van der Waals surface area contributed by atoms with Gasteiger partial charge in [0.15, 0.2) is 0 Å². The Kier molecular flexibility index (Phi) is 4.36. The average Bonchev–Trinajstić information content (AvgIpc) is 2.38. The van der Waals surface area contributed by atoms with Crippen molar-refractivity contribution in [3.05, 3.63) is 11.9 Å². The van der Waals surface area contributed by atoms with Crippen molar-refractivity contribution >= 4 is 11.6 Å². The lowest BCUT2D eigenvalue weighted by Gasteiger charge is -2.32. The molecule has 100 valence electrons. The zero-order valence-corrected chi connectivity index (χ0v) is 11.0. The van der Waals surface area contributed by atoms with Crippen molar-refractivity contribution in [3.8, 4) is 0 Å². The number of anilines is 2. The van der Waals surface area contributed by atoms with E-state index < -0.39 is 0 Å². The molecule has 1 aromatic rings. The number of hydrogen-bond donors (Lipinski definition) is 2. The van der Waals surface area contributed by atoms with Crippen LogP contribution in [0, 0.1) is 5.92 Å². The van der Waals surface area contributed by atoms with Gasteiger partial charge in [-0.3, -0.25) is 0 Å². The van der Waals surface area contributed by atoms with E-state index in [0.29, 0.717) is 18.3 Å². The van der Waals surface area contributed by atoms with Gasteiger partial charge < -0.3 is 15.7 Å². The molecule has 0 unspecified atom stereocenters. The van der Waals surface area contributed by atoms with E-state index in [1.807, 2.05) is 6.07 Å². The lowest BCUT2D eigenvalue weighted by atomic mass is 9.98. The molecular weight excluding hydrogens is 228 g/mol. The molecule has 2 rings (SSSR count). The number of aliphatic hydroxyl groups is 1. The molecule has 0 aromatic carbocycles. The molecule has 0 saturated carbocycles. The highest BCUT2D eigenvalue weighted by Gasteiger charge is 2.20. The summed E-state index contributed by atoms with van der Waals surface area (Å²) in [4.78, 5) is 11.1. The predicted octanol–water partition coefficient (Wildman–Crippen LogP) is 1.22. The van der Waals surface area contributed by atoms with Gasteiger partial charge in [0.05, 0.1) is 0 Å². The summed E-state index contributed by atoms with van der Waals surface area (Å²) >= 11 is 0. The number of nitrogens with zero attached hydrogens (tertiary/aromatic N) is 3. The predicted molar refractivity (Wildman–Crippen MR) is 72.5 cm³/mol. The number of rotatable bonds is 4. The summed E-state index contributed by atoms with van der Waals surface area (Å²) in [5.41, 5.74) is 5.83. The number of nitrogens with two attached hydrogens (primary N) is 1. The second-order valence-electron chi connectivity index (χ2n) is 4.93. The first-order valence-electron chi connectivity index (χ1n) is 6.72. The van der Waals surface area contributed by atoms with Crippen LogP contribution >= 0.6 is 0 Å². The first-order valence-corrected chi connectivity index (χ1v) is 6.72. The Balaban J connectivity index is 2.08. The fourth-order valence-electron chi connectivity index (χ4n) is 2.35. The first-order chi connectivity index (χ1) is 8.72. The topological polar surface area (TPSA) is 75.3 Å². The summed E-state index contributed by atoms with van der Waals surface area (Å²) in [7, 11) is 0. The van der Waals surface area contributed by atoms with Crippen LogP contribution in [0.5, 0.6) is 0 Å². The van der Waals surface area contributed by atoms with Gasteiger partial charge in [-0.05, 0) is 25.2 Å². The summed E-state index contributed by atoms with van der Waals surface area (Å²) in [5, 5.41) is 9.14. The van der Waals surface area contributed by atoms with Crippen LogP contribution in [0.15, 0.2) is 6.07 Å². The van der Waals surface area contributed by atoms with E-state index in [1.165, 1.54) is 0 Å². The molecule has 0 bridgehead atoms. The van der Waals surface area contributed by atoms with E-state index in [-0.39, 0.29) is 0 Å². The third-order valence-electron chi connectivity index (χ3n) is 3.45. The summed E-state index contributed by atoms with van der Waals surface area (Å²) < 4.78 is 0. The first kappa shape index (κ1) is 13.1. The van der Waals surface area contributed by atoms with Gasteiger partial charge in [0, 0.05) is 32.2 Å². The summed E-state index contributed by atoms with van der Waals surface area (Å²) in [6.45, 7) is 4.28. The molecule has 1 fully saturated rings. The van der Waals surface area contributed by atoms with Crippen molar-refractivity contribution < 1.29 is 5.11 Å². The molecule has 3 N–H and O–H groups in total. The minimum absolute atomic E-state index is 0.292. The van der Waals surface area contributed by atoms with Crippen molar-refractivity contribution in [2.24, 2.45) is 5.92 Å². The molecule has 5 heteroatoms. The lowest BCUT2D eigenvalue weighted by molar-refractivity contribution is 0.203. The number of nitrogen functional groups attached to an aromatic ring is 1. The number of aromatic nitrogens is 2. The van der Waals surface area contributed by atoms with Crippen LogP contribution in [0.25, 0.3) is 0 Å². The Morgan fingerprint density at radius 2 is 2.11 bits per heavy atom. The molecule has 0 spiro atoms. The van der Waals surface area contributed by atoms with Crippen molar-refractivity contribution in [1.82, 2.24) is 9.97 Å². The van der Waals surface area contributed by atoms with Crippen LogP contribution in [-0.4, -0.2) is 34.8 Å². The van der Waals surface area contributed by atoms with Gasteiger partial charge in [0.1, 0.15) is 17.5 Å². The quantitative estimate of drug-likeness (QED) is 0.840. The van der Waals surface area contributed by atoms with E-state index in [1.54, 1.807) is 0 Å². The third kappa shape index (κ3) is 3.10. The second-order valence-corrected chi connectivity index (χ2v) is 4.93. The average molecular weight is 250 g/mol. The van der Waals surface area contributed by atoms with Gasteiger partial charge in [0.2, 0.25) is 0 Å². The fourth-order valence-corrected chi connectivity index (χ4v) is 2.35. The van der Waals surface area contributed by atoms with Crippen LogP contribution in [0.4, 0.5) is 11.6 Å². The van der Waals surface area contributed by atoms with Crippen molar-refractivity contribution in [2.45, 2.75) is 32.6 Å². The van der Waals surface area contributed by atoms with Crippen LogP contribution < -0.4 is 10.6 Å². The monoisotopic (exact) mass is 250 g/mol.